The molecule has 186 valence electrons. The Morgan fingerprint density at radius 3 is 2.47 bits per heavy atom. The van der Waals surface area contributed by atoms with Crippen molar-refractivity contribution in [3.05, 3.63) is 106 Å². The minimum absolute atomic E-state index is 0.00108. The molecule has 0 aliphatic carbocycles. The van der Waals surface area contributed by atoms with E-state index in [1.54, 1.807) is 36.3 Å². The van der Waals surface area contributed by atoms with E-state index in [0.717, 1.165) is 30.2 Å². The molecule has 1 atom stereocenters. The summed E-state index contributed by atoms with van der Waals surface area (Å²) >= 11 is 0. The van der Waals surface area contributed by atoms with Crippen molar-refractivity contribution < 1.29 is 14.3 Å². The van der Waals surface area contributed by atoms with Crippen molar-refractivity contribution in [2.75, 3.05) is 38.2 Å². The highest BCUT2D eigenvalue weighted by Crippen LogP contribution is 2.34. The number of hydrogen-bond acceptors (Lipinski definition) is 7. The third kappa shape index (κ3) is 4.72. The van der Waals surface area contributed by atoms with Crippen LogP contribution >= 0.6 is 0 Å². The van der Waals surface area contributed by atoms with E-state index in [1.807, 2.05) is 55.5 Å². The number of aromatic nitrogens is 2. The molecule has 1 fully saturated rings. The number of piperazine rings is 1. The fourth-order valence-corrected chi connectivity index (χ4v) is 4.88. The van der Waals surface area contributed by atoms with E-state index in [-0.39, 0.29) is 11.3 Å². The van der Waals surface area contributed by atoms with E-state index in [1.165, 1.54) is 0 Å². The molecular weight excluding hydrogens is 456 g/mol. The largest absolute Gasteiger partial charge is 0.507 e. The van der Waals surface area contributed by atoms with Crippen LogP contribution in [0.1, 0.15) is 28.6 Å². The first-order valence-corrected chi connectivity index (χ1v) is 12.0. The number of furan rings is 1. The second kappa shape index (κ2) is 10.3. The van der Waals surface area contributed by atoms with Gasteiger partial charge in [-0.3, -0.25) is 9.69 Å². The van der Waals surface area contributed by atoms with Gasteiger partial charge < -0.3 is 23.7 Å². The number of hydrogen-bond donors (Lipinski definition) is 1. The highest BCUT2D eigenvalue weighted by atomic mass is 16.5. The fraction of sp³-hybridized carbons (Fsp3) is 0.286. The van der Waals surface area contributed by atoms with E-state index >= 15 is 0 Å². The number of methoxy groups -OCH3 is 1. The molecule has 0 bridgehead atoms. The van der Waals surface area contributed by atoms with Gasteiger partial charge in [0.05, 0.1) is 31.5 Å². The predicted molar refractivity (Wildman–Crippen MR) is 138 cm³/mol. The van der Waals surface area contributed by atoms with Gasteiger partial charge in [0.15, 0.2) is 0 Å². The van der Waals surface area contributed by atoms with Crippen molar-refractivity contribution in [2.45, 2.75) is 19.5 Å². The van der Waals surface area contributed by atoms with Crippen LogP contribution in [0.25, 0.3) is 0 Å². The molecule has 0 saturated carbocycles. The second-order valence-corrected chi connectivity index (χ2v) is 8.94. The SMILES string of the molecule is COc1ccc(C(c2c(O)cc(C)n(Cc3ccco3)c2=O)N2CCN(c3ccccn3)CC2)cc1. The molecule has 4 aromatic rings. The molecule has 3 aromatic heterocycles. The van der Waals surface area contributed by atoms with E-state index in [9.17, 15) is 9.90 Å². The molecule has 8 heteroatoms. The molecule has 5 rings (SSSR count). The first-order valence-electron chi connectivity index (χ1n) is 12.0. The second-order valence-electron chi connectivity index (χ2n) is 8.94. The lowest BCUT2D eigenvalue weighted by molar-refractivity contribution is 0.207. The third-order valence-electron chi connectivity index (χ3n) is 6.77. The van der Waals surface area contributed by atoms with Gasteiger partial charge in [-0.15, -0.1) is 0 Å². The van der Waals surface area contributed by atoms with E-state index in [0.29, 0.717) is 36.7 Å². The molecule has 1 saturated heterocycles. The van der Waals surface area contributed by atoms with Crippen LogP contribution in [0.15, 0.2) is 82.3 Å². The molecule has 1 aliphatic rings. The van der Waals surface area contributed by atoms with Crippen molar-refractivity contribution in [2.24, 2.45) is 0 Å². The Bertz CT molecular complexity index is 1340. The average Bonchev–Trinajstić information content (AvgIpc) is 3.43. The summed E-state index contributed by atoms with van der Waals surface area (Å²) in [6.45, 7) is 5.06. The quantitative estimate of drug-likeness (QED) is 0.425. The van der Waals surface area contributed by atoms with Gasteiger partial charge in [-0.2, -0.15) is 0 Å². The number of aryl methyl sites for hydroxylation is 1. The lowest BCUT2D eigenvalue weighted by Crippen LogP contribution is -2.49. The molecule has 1 aliphatic heterocycles. The standard InChI is InChI=1S/C28H30N4O4/c1-20-18-24(33)26(28(34)32(20)19-23-6-5-17-36-23)27(21-8-10-22(35-2)11-9-21)31-15-13-30(14-16-31)25-7-3-4-12-29-25/h3-12,17-18,27,33H,13-16,19H2,1-2H3. The van der Waals surface area contributed by atoms with Crippen LogP contribution in [-0.4, -0.2) is 52.8 Å². The van der Waals surface area contributed by atoms with Gasteiger partial charge in [0.25, 0.3) is 5.56 Å². The molecule has 0 radical (unpaired) electrons. The maximum absolute atomic E-state index is 13.9. The maximum Gasteiger partial charge on any atom is 0.260 e. The number of nitrogens with zero attached hydrogens (tertiary/aromatic N) is 4. The summed E-state index contributed by atoms with van der Waals surface area (Å²) in [7, 11) is 1.63. The molecule has 0 spiro atoms. The zero-order valence-electron chi connectivity index (χ0n) is 20.5. The van der Waals surface area contributed by atoms with Crippen molar-refractivity contribution in [3.63, 3.8) is 0 Å². The number of rotatable bonds is 7. The van der Waals surface area contributed by atoms with Gasteiger partial charge >= 0.3 is 0 Å². The average molecular weight is 487 g/mol. The number of ether oxygens (including phenoxy) is 1. The van der Waals surface area contributed by atoms with Gasteiger partial charge in [-0.25, -0.2) is 4.98 Å². The molecular formula is C28H30N4O4. The fourth-order valence-electron chi connectivity index (χ4n) is 4.88. The van der Waals surface area contributed by atoms with E-state index < -0.39 is 6.04 Å². The molecule has 36 heavy (non-hydrogen) atoms. The van der Waals surface area contributed by atoms with Crippen LogP contribution in [0, 0.1) is 6.92 Å². The lowest BCUT2D eigenvalue weighted by atomic mass is 9.95. The van der Waals surface area contributed by atoms with Crippen molar-refractivity contribution in [1.29, 1.82) is 0 Å². The van der Waals surface area contributed by atoms with Gasteiger partial charge in [0.2, 0.25) is 0 Å². The third-order valence-corrected chi connectivity index (χ3v) is 6.77. The summed E-state index contributed by atoms with van der Waals surface area (Å²) in [5.41, 5.74) is 1.73. The summed E-state index contributed by atoms with van der Waals surface area (Å²) in [4.78, 5) is 22.9. The normalized spacial score (nSPS) is 15.1. The molecule has 4 heterocycles. The van der Waals surface area contributed by atoms with Crippen molar-refractivity contribution in [3.8, 4) is 11.5 Å². The Morgan fingerprint density at radius 1 is 1.06 bits per heavy atom. The highest BCUT2D eigenvalue weighted by molar-refractivity contribution is 5.43. The first-order chi connectivity index (χ1) is 17.5. The zero-order valence-corrected chi connectivity index (χ0v) is 20.5. The smallest absolute Gasteiger partial charge is 0.260 e. The summed E-state index contributed by atoms with van der Waals surface area (Å²) in [6.07, 6.45) is 3.39. The number of anilines is 1. The number of aromatic hydroxyl groups is 1. The predicted octanol–water partition coefficient (Wildman–Crippen LogP) is 3.82. The summed E-state index contributed by atoms with van der Waals surface area (Å²) in [6, 6.07) is 18.5. The number of pyridine rings is 2. The summed E-state index contributed by atoms with van der Waals surface area (Å²) in [5, 5.41) is 11.1. The van der Waals surface area contributed by atoms with Crippen LogP contribution in [0.3, 0.4) is 0 Å². The van der Waals surface area contributed by atoms with Crippen molar-refractivity contribution >= 4 is 5.82 Å². The molecule has 1 unspecified atom stereocenters. The summed E-state index contributed by atoms with van der Waals surface area (Å²) in [5.74, 6) is 2.36. The van der Waals surface area contributed by atoms with Crippen LogP contribution in [0.4, 0.5) is 5.82 Å². The lowest BCUT2D eigenvalue weighted by Gasteiger charge is -2.40. The first kappa shape index (κ1) is 23.7. The minimum atomic E-state index is -0.419. The van der Waals surface area contributed by atoms with Gasteiger partial charge in [-0.1, -0.05) is 18.2 Å². The monoisotopic (exact) mass is 486 g/mol. The van der Waals surface area contributed by atoms with Crippen LogP contribution in [0.5, 0.6) is 11.5 Å². The molecule has 1 N–H and O–H groups in total. The Morgan fingerprint density at radius 2 is 1.83 bits per heavy atom. The topological polar surface area (TPSA) is 84.0 Å². The Kier molecular flexibility index (Phi) is 6.77. The van der Waals surface area contributed by atoms with Crippen LogP contribution in [0.2, 0.25) is 0 Å². The zero-order chi connectivity index (χ0) is 25.1. The van der Waals surface area contributed by atoms with E-state index in [4.69, 9.17) is 9.15 Å². The van der Waals surface area contributed by atoms with Gasteiger partial charge in [-0.05, 0) is 55.0 Å². The Labute approximate surface area is 210 Å². The Hall–Kier alpha value is -4.04. The van der Waals surface area contributed by atoms with Crippen LogP contribution < -0.4 is 15.2 Å². The van der Waals surface area contributed by atoms with E-state index in [2.05, 4.69) is 14.8 Å². The van der Waals surface area contributed by atoms with Crippen molar-refractivity contribution in [1.82, 2.24) is 14.5 Å². The molecule has 0 amide bonds. The van der Waals surface area contributed by atoms with Crippen LogP contribution in [-0.2, 0) is 6.54 Å². The number of benzene rings is 1. The molecule has 8 nitrogen and oxygen atoms in total. The highest BCUT2D eigenvalue weighted by Gasteiger charge is 2.32. The minimum Gasteiger partial charge on any atom is -0.507 e. The summed E-state index contributed by atoms with van der Waals surface area (Å²) < 4.78 is 12.5. The maximum atomic E-state index is 13.9. The Balaban J connectivity index is 1.53. The van der Waals surface area contributed by atoms with Gasteiger partial charge in [0.1, 0.15) is 23.1 Å². The molecule has 1 aromatic carbocycles. The van der Waals surface area contributed by atoms with Gasteiger partial charge in [0, 0.05) is 38.1 Å².